The maximum atomic E-state index is 11.5. The van der Waals surface area contributed by atoms with Gasteiger partial charge in [-0.3, -0.25) is 9.69 Å². The van der Waals surface area contributed by atoms with Crippen molar-refractivity contribution in [2.24, 2.45) is 5.92 Å². The van der Waals surface area contributed by atoms with Crippen molar-refractivity contribution in [1.29, 1.82) is 0 Å². The zero-order valence-electron chi connectivity index (χ0n) is 9.69. The highest BCUT2D eigenvalue weighted by Gasteiger charge is 2.10. The van der Waals surface area contributed by atoms with Gasteiger partial charge in [-0.2, -0.15) is 0 Å². The molecular weight excluding hydrogens is 206 g/mol. The molecule has 0 aliphatic heterocycles. The number of nitrogens with zero attached hydrogens (tertiary/aromatic N) is 1. The molecule has 0 aliphatic rings. The number of ketones is 1. The second-order valence-corrected chi connectivity index (χ2v) is 5.22. The largest absolute Gasteiger partial charge is 0.299 e. The Balaban J connectivity index is 2.24. The third-order valence-electron chi connectivity index (χ3n) is 2.39. The van der Waals surface area contributed by atoms with Crippen LogP contribution in [0, 0.1) is 5.92 Å². The summed E-state index contributed by atoms with van der Waals surface area (Å²) in [5, 5.41) is 2.09. The lowest BCUT2D eigenvalue weighted by atomic mass is 10.1. The van der Waals surface area contributed by atoms with E-state index in [9.17, 15) is 4.79 Å². The molecule has 0 saturated carbocycles. The third-order valence-corrected chi connectivity index (χ3v) is 3.33. The Hall–Kier alpha value is -0.670. The van der Waals surface area contributed by atoms with Crippen LogP contribution >= 0.6 is 11.3 Å². The zero-order valence-corrected chi connectivity index (χ0v) is 10.5. The average Bonchev–Trinajstić information content (AvgIpc) is 2.66. The summed E-state index contributed by atoms with van der Waals surface area (Å²) in [7, 11) is 2.01. The highest BCUT2D eigenvalue weighted by Crippen LogP contribution is 2.09. The molecule has 3 heteroatoms. The second kappa shape index (κ2) is 6.03. The number of likely N-dealkylation sites (N-methyl/N-ethyl adjacent to an activating group) is 1. The van der Waals surface area contributed by atoms with Gasteiger partial charge in [0.15, 0.2) is 0 Å². The highest BCUT2D eigenvalue weighted by atomic mass is 32.1. The van der Waals surface area contributed by atoms with Crippen LogP contribution in [0.3, 0.4) is 0 Å². The molecule has 2 nitrogen and oxygen atoms in total. The van der Waals surface area contributed by atoms with Gasteiger partial charge in [0.25, 0.3) is 0 Å². The number of carbonyl (C=O) groups is 1. The van der Waals surface area contributed by atoms with E-state index in [0.29, 0.717) is 12.3 Å². The topological polar surface area (TPSA) is 20.3 Å². The summed E-state index contributed by atoms with van der Waals surface area (Å²) in [5.41, 5.74) is 0. The molecule has 1 aromatic heterocycles. The van der Waals surface area contributed by atoms with Gasteiger partial charge in [-0.25, -0.2) is 0 Å². The predicted molar refractivity (Wildman–Crippen MR) is 65.4 cm³/mol. The normalized spacial score (nSPS) is 11.3. The van der Waals surface area contributed by atoms with Crippen molar-refractivity contribution in [3.63, 3.8) is 0 Å². The van der Waals surface area contributed by atoms with Crippen LogP contribution in [0.2, 0.25) is 0 Å². The maximum absolute atomic E-state index is 11.5. The Bertz CT molecular complexity index is 293. The molecule has 0 spiro atoms. The molecule has 84 valence electrons. The van der Waals surface area contributed by atoms with E-state index in [2.05, 4.69) is 22.4 Å². The minimum atomic E-state index is 0.147. The van der Waals surface area contributed by atoms with Gasteiger partial charge < -0.3 is 0 Å². The molecule has 0 fully saturated rings. The van der Waals surface area contributed by atoms with Gasteiger partial charge in [0, 0.05) is 17.3 Å². The van der Waals surface area contributed by atoms with Crippen LogP contribution in [0.4, 0.5) is 0 Å². The van der Waals surface area contributed by atoms with E-state index < -0.39 is 0 Å². The first-order valence-electron chi connectivity index (χ1n) is 5.33. The fraction of sp³-hybridized carbons (Fsp3) is 0.583. The molecule has 0 atom stereocenters. The van der Waals surface area contributed by atoms with Crippen molar-refractivity contribution in [3.05, 3.63) is 22.4 Å². The fourth-order valence-electron chi connectivity index (χ4n) is 1.28. The first-order valence-corrected chi connectivity index (χ1v) is 6.21. The minimum Gasteiger partial charge on any atom is -0.299 e. The van der Waals surface area contributed by atoms with E-state index in [0.717, 1.165) is 13.0 Å². The number of rotatable bonds is 6. The molecule has 1 heterocycles. The van der Waals surface area contributed by atoms with E-state index >= 15 is 0 Å². The zero-order chi connectivity index (χ0) is 11.3. The minimum absolute atomic E-state index is 0.147. The van der Waals surface area contributed by atoms with Gasteiger partial charge in [0.1, 0.15) is 5.78 Å². The SMILES string of the molecule is CC(C)C(=O)CN(C)CCc1cccs1. The molecule has 15 heavy (non-hydrogen) atoms. The molecule has 0 saturated heterocycles. The molecule has 1 aromatic rings. The Morgan fingerprint density at radius 3 is 2.80 bits per heavy atom. The average molecular weight is 225 g/mol. The van der Waals surface area contributed by atoms with Crippen LogP contribution in [0.5, 0.6) is 0 Å². The van der Waals surface area contributed by atoms with Crippen LogP contribution in [-0.4, -0.2) is 30.8 Å². The summed E-state index contributed by atoms with van der Waals surface area (Å²) < 4.78 is 0. The summed E-state index contributed by atoms with van der Waals surface area (Å²) in [6, 6.07) is 4.21. The van der Waals surface area contributed by atoms with E-state index in [1.54, 1.807) is 11.3 Å². The molecule has 0 bridgehead atoms. The van der Waals surface area contributed by atoms with Gasteiger partial charge in [0.05, 0.1) is 6.54 Å². The molecule has 0 aliphatic carbocycles. The summed E-state index contributed by atoms with van der Waals surface area (Å²) in [6.45, 7) is 5.44. The number of hydrogen-bond acceptors (Lipinski definition) is 3. The van der Waals surface area contributed by atoms with E-state index in [1.807, 2.05) is 20.9 Å². The summed E-state index contributed by atoms with van der Waals surface area (Å²) in [4.78, 5) is 15.0. The fourth-order valence-corrected chi connectivity index (χ4v) is 1.98. The first kappa shape index (κ1) is 12.4. The van der Waals surface area contributed by atoms with Crippen LogP contribution in [0.1, 0.15) is 18.7 Å². The quantitative estimate of drug-likeness (QED) is 0.741. The van der Waals surface area contributed by atoms with Crippen molar-refractivity contribution in [1.82, 2.24) is 4.90 Å². The van der Waals surface area contributed by atoms with E-state index in [4.69, 9.17) is 0 Å². The summed E-state index contributed by atoms with van der Waals surface area (Å²) in [5.74, 6) is 0.470. The lowest BCUT2D eigenvalue weighted by Gasteiger charge is -2.16. The number of thiophene rings is 1. The molecule has 0 unspecified atom stereocenters. The smallest absolute Gasteiger partial charge is 0.149 e. The molecule has 0 radical (unpaired) electrons. The standard InChI is InChI=1S/C12H19NOS/c1-10(2)12(14)9-13(3)7-6-11-5-4-8-15-11/h4-5,8,10H,6-7,9H2,1-3H3. The Kier molecular flexibility index (Phi) is 4.99. The van der Waals surface area contributed by atoms with Gasteiger partial charge in [0.2, 0.25) is 0 Å². The third kappa shape index (κ3) is 4.58. The van der Waals surface area contributed by atoms with Crippen LogP contribution in [0.25, 0.3) is 0 Å². The Morgan fingerprint density at radius 1 is 1.53 bits per heavy atom. The lowest BCUT2D eigenvalue weighted by Crippen LogP contribution is -2.30. The highest BCUT2D eigenvalue weighted by molar-refractivity contribution is 7.09. The second-order valence-electron chi connectivity index (χ2n) is 4.19. The molecule has 1 rings (SSSR count). The van der Waals surface area contributed by atoms with E-state index in [1.165, 1.54) is 4.88 Å². The van der Waals surface area contributed by atoms with Gasteiger partial charge in [-0.15, -0.1) is 11.3 Å². The number of Topliss-reactive ketones (excluding diaryl/α,β-unsaturated/α-hetero) is 1. The Morgan fingerprint density at radius 2 is 2.27 bits per heavy atom. The van der Waals surface area contributed by atoms with Gasteiger partial charge in [-0.1, -0.05) is 19.9 Å². The van der Waals surface area contributed by atoms with Gasteiger partial charge in [-0.05, 0) is 24.9 Å². The monoisotopic (exact) mass is 225 g/mol. The molecule has 0 aromatic carbocycles. The van der Waals surface area contributed by atoms with Crippen molar-refractivity contribution >= 4 is 17.1 Å². The molecular formula is C12H19NOS. The lowest BCUT2D eigenvalue weighted by molar-refractivity contribution is -0.122. The number of hydrogen-bond donors (Lipinski definition) is 0. The van der Waals surface area contributed by atoms with Crippen molar-refractivity contribution in [2.45, 2.75) is 20.3 Å². The number of carbonyl (C=O) groups excluding carboxylic acids is 1. The molecule has 0 amide bonds. The van der Waals surface area contributed by atoms with E-state index in [-0.39, 0.29) is 5.92 Å². The van der Waals surface area contributed by atoms with Gasteiger partial charge >= 0.3 is 0 Å². The predicted octanol–water partition coefficient (Wildman–Crippen LogP) is 2.45. The maximum Gasteiger partial charge on any atom is 0.149 e. The summed E-state index contributed by atoms with van der Waals surface area (Å²) in [6.07, 6.45) is 1.04. The van der Waals surface area contributed by atoms with Crippen LogP contribution < -0.4 is 0 Å². The van der Waals surface area contributed by atoms with Crippen molar-refractivity contribution in [2.75, 3.05) is 20.1 Å². The first-order chi connectivity index (χ1) is 7.09. The Labute approximate surface area is 95.9 Å². The van der Waals surface area contributed by atoms with Crippen LogP contribution in [0.15, 0.2) is 17.5 Å². The molecule has 0 N–H and O–H groups in total. The van der Waals surface area contributed by atoms with Crippen molar-refractivity contribution in [3.8, 4) is 0 Å². The van der Waals surface area contributed by atoms with Crippen LogP contribution in [-0.2, 0) is 11.2 Å². The van der Waals surface area contributed by atoms with Crippen molar-refractivity contribution < 1.29 is 4.79 Å². The summed E-state index contributed by atoms with van der Waals surface area (Å²) >= 11 is 1.78.